The molecule has 0 atom stereocenters. The summed E-state index contributed by atoms with van der Waals surface area (Å²) in [7, 11) is 1.63. The number of hydrogen-bond donors (Lipinski definition) is 2. The highest BCUT2D eigenvalue weighted by Gasteiger charge is 2.18. The molecule has 6 heteroatoms. The predicted molar refractivity (Wildman–Crippen MR) is 93.3 cm³/mol. The highest BCUT2D eigenvalue weighted by molar-refractivity contribution is 5.95. The van der Waals surface area contributed by atoms with Gasteiger partial charge in [-0.05, 0) is 31.0 Å². The summed E-state index contributed by atoms with van der Waals surface area (Å²) in [6, 6.07) is 5.55. The van der Waals surface area contributed by atoms with E-state index in [0.717, 1.165) is 37.4 Å². The molecule has 0 spiro atoms. The number of nitrogens with one attached hydrogen (secondary N) is 2. The van der Waals surface area contributed by atoms with Gasteiger partial charge in [-0.2, -0.15) is 0 Å². The molecule has 0 saturated carbocycles. The van der Waals surface area contributed by atoms with E-state index in [1.807, 2.05) is 23.1 Å². The zero-order valence-electron chi connectivity index (χ0n) is 14.0. The van der Waals surface area contributed by atoms with Crippen molar-refractivity contribution in [1.29, 1.82) is 0 Å². The highest BCUT2D eigenvalue weighted by Crippen LogP contribution is 2.27. The Morgan fingerprint density at radius 1 is 1.29 bits per heavy atom. The molecule has 0 bridgehead atoms. The van der Waals surface area contributed by atoms with Crippen LogP contribution in [0.3, 0.4) is 0 Å². The molecule has 2 heterocycles. The lowest BCUT2D eigenvalue weighted by atomic mass is 10.1. The number of amides is 1. The number of H-pyrrole nitrogens is 1. The van der Waals surface area contributed by atoms with E-state index in [1.165, 1.54) is 12.8 Å². The fourth-order valence-electron chi connectivity index (χ4n) is 3.01. The number of methoxy groups -OCH3 is 1. The molecule has 1 fully saturated rings. The van der Waals surface area contributed by atoms with Crippen LogP contribution in [-0.4, -0.2) is 41.0 Å². The number of benzene rings is 1. The minimum atomic E-state index is 0.0978. The van der Waals surface area contributed by atoms with E-state index >= 15 is 0 Å². The number of aromatic amines is 1. The van der Waals surface area contributed by atoms with Gasteiger partial charge in [-0.1, -0.05) is 12.8 Å². The van der Waals surface area contributed by atoms with Crippen LogP contribution in [0.5, 0.6) is 5.75 Å². The maximum absolute atomic E-state index is 12.8. The quantitative estimate of drug-likeness (QED) is 0.885. The van der Waals surface area contributed by atoms with Gasteiger partial charge in [0.1, 0.15) is 11.6 Å². The molecule has 24 heavy (non-hydrogen) atoms. The summed E-state index contributed by atoms with van der Waals surface area (Å²) in [4.78, 5) is 22.0. The number of hydrogen-bond acceptors (Lipinski definition) is 4. The van der Waals surface area contributed by atoms with Crippen LogP contribution >= 0.6 is 0 Å². The number of imidazole rings is 1. The molecule has 6 nitrogen and oxygen atoms in total. The molecule has 2 aromatic rings. The SMILES string of the molecule is COc1ccc(C(=O)N2CCCCCC2)cc1NCc1ncc[nH]1. The first-order valence-corrected chi connectivity index (χ1v) is 8.47. The minimum absolute atomic E-state index is 0.0978. The third-order valence-electron chi connectivity index (χ3n) is 4.34. The van der Waals surface area contributed by atoms with E-state index in [2.05, 4.69) is 15.3 Å². The van der Waals surface area contributed by atoms with Gasteiger partial charge in [0.25, 0.3) is 5.91 Å². The predicted octanol–water partition coefficient (Wildman–Crippen LogP) is 3.05. The van der Waals surface area contributed by atoms with E-state index in [1.54, 1.807) is 19.5 Å². The fourth-order valence-corrected chi connectivity index (χ4v) is 3.01. The van der Waals surface area contributed by atoms with Crippen molar-refractivity contribution < 1.29 is 9.53 Å². The zero-order chi connectivity index (χ0) is 16.8. The topological polar surface area (TPSA) is 70.2 Å². The van der Waals surface area contributed by atoms with Crippen molar-refractivity contribution in [3.05, 3.63) is 42.0 Å². The van der Waals surface area contributed by atoms with Gasteiger partial charge in [0.2, 0.25) is 0 Å². The molecule has 128 valence electrons. The van der Waals surface area contributed by atoms with Gasteiger partial charge < -0.3 is 19.9 Å². The summed E-state index contributed by atoms with van der Waals surface area (Å²) in [6.07, 6.45) is 8.10. The molecule has 1 aliphatic rings. The van der Waals surface area contributed by atoms with Crippen LogP contribution in [0.2, 0.25) is 0 Å². The van der Waals surface area contributed by atoms with Crippen LogP contribution in [0.1, 0.15) is 41.9 Å². The third kappa shape index (κ3) is 3.88. The number of likely N-dealkylation sites (tertiary alicyclic amines) is 1. The zero-order valence-corrected chi connectivity index (χ0v) is 14.0. The number of ether oxygens (including phenoxy) is 1. The maximum atomic E-state index is 12.8. The van der Waals surface area contributed by atoms with Crippen LogP contribution in [0, 0.1) is 0 Å². The van der Waals surface area contributed by atoms with E-state index in [4.69, 9.17) is 4.74 Å². The van der Waals surface area contributed by atoms with Gasteiger partial charge in [-0.25, -0.2) is 4.98 Å². The van der Waals surface area contributed by atoms with Crippen molar-refractivity contribution in [3.63, 3.8) is 0 Å². The van der Waals surface area contributed by atoms with Crippen molar-refractivity contribution >= 4 is 11.6 Å². The molecule has 2 N–H and O–H groups in total. The lowest BCUT2D eigenvalue weighted by molar-refractivity contribution is 0.0761. The van der Waals surface area contributed by atoms with Crippen LogP contribution < -0.4 is 10.1 Å². The van der Waals surface area contributed by atoms with Gasteiger partial charge in [0.15, 0.2) is 0 Å². The molecule has 3 rings (SSSR count). The summed E-state index contributed by atoms with van der Waals surface area (Å²) < 4.78 is 5.40. The van der Waals surface area contributed by atoms with E-state index in [-0.39, 0.29) is 5.91 Å². The van der Waals surface area contributed by atoms with Gasteiger partial charge >= 0.3 is 0 Å². The number of rotatable bonds is 5. The summed E-state index contributed by atoms with van der Waals surface area (Å²) >= 11 is 0. The highest BCUT2D eigenvalue weighted by atomic mass is 16.5. The molecule has 0 unspecified atom stereocenters. The first kappa shape index (κ1) is 16.4. The van der Waals surface area contributed by atoms with Gasteiger partial charge in [0.05, 0.1) is 19.3 Å². The lowest BCUT2D eigenvalue weighted by Gasteiger charge is -2.21. The Balaban J connectivity index is 1.75. The molecule has 0 radical (unpaired) electrons. The molecule has 1 amide bonds. The average Bonchev–Trinajstić information content (AvgIpc) is 2.99. The average molecular weight is 328 g/mol. The van der Waals surface area contributed by atoms with Gasteiger partial charge in [0, 0.05) is 31.0 Å². The third-order valence-corrected chi connectivity index (χ3v) is 4.34. The molecule has 1 saturated heterocycles. The number of carbonyl (C=O) groups excluding carboxylic acids is 1. The first-order valence-electron chi connectivity index (χ1n) is 8.47. The van der Waals surface area contributed by atoms with Crippen molar-refractivity contribution in [1.82, 2.24) is 14.9 Å². The Labute approximate surface area is 142 Å². The fraction of sp³-hybridized carbons (Fsp3) is 0.444. The Hall–Kier alpha value is -2.50. The van der Waals surface area contributed by atoms with Gasteiger partial charge in [-0.3, -0.25) is 4.79 Å². The number of carbonyl (C=O) groups is 1. The molecular weight excluding hydrogens is 304 g/mol. The van der Waals surface area contributed by atoms with Crippen molar-refractivity contribution in [2.45, 2.75) is 32.2 Å². The lowest BCUT2D eigenvalue weighted by Crippen LogP contribution is -2.31. The molecule has 1 aliphatic heterocycles. The second-order valence-electron chi connectivity index (χ2n) is 6.01. The van der Waals surface area contributed by atoms with Gasteiger partial charge in [-0.15, -0.1) is 0 Å². The Kier molecular flexibility index (Phi) is 5.36. The first-order chi connectivity index (χ1) is 11.8. The normalized spacial score (nSPS) is 15.0. The Morgan fingerprint density at radius 2 is 2.08 bits per heavy atom. The van der Waals surface area contributed by atoms with Crippen molar-refractivity contribution in [2.75, 3.05) is 25.5 Å². The summed E-state index contributed by atoms with van der Waals surface area (Å²) in [6.45, 7) is 2.24. The monoisotopic (exact) mass is 328 g/mol. The molecular formula is C18H24N4O2. The second kappa shape index (κ2) is 7.86. The standard InChI is InChI=1S/C18H24N4O2/c1-24-16-7-6-14(18(23)22-10-4-2-3-5-11-22)12-15(16)21-13-17-19-8-9-20-17/h6-9,12,21H,2-5,10-11,13H2,1H3,(H,19,20). The van der Waals surface area contributed by atoms with E-state index in [9.17, 15) is 4.79 Å². The second-order valence-corrected chi connectivity index (χ2v) is 6.01. The molecule has 1 aromatic heterocycles. The van der Waals surface area contributed by atoms with E-state index < -0.39 is 0 Å². The Morgan fingerprint density at radius 3 is 2.75 bits per heavy atom. The van der Waals surface area contributed by atoms with E-state index in [0.29, 0.717) is 17.9 Å². The smallest absolute Gasteiger partial charge is 0.253 e. The Bertz CT molecular complexity index is 662. The maximum Gasteiger partial charge on any atom is 0.253 e. The number of anilines is 1. The molecule has 0 aliphatic carbocycles. The number of aromatic nitrogens is 2. The molecule has 1 aromatic carbocycles. The van der Waals surface area contributed by atoms with Crippen LogP contribution in [0.25, 0.3) is 0 Å². The summed E-state index contributed by atoms with van der Waals surface area (Å²) in [5.74, 6) is 1.65. The summed E-state index contributed by atoms with van der Waals surface area (Å²) in [5.41, 5.74) is 1.49. The van der Waals surface area contributed by atoms with Crippen LogP contribution in [-0.2, 0) is 6.54 Å². The van der Waals surface area contributed by atoms with Crippen molar-refractivity contribution in [2.24, 2.45) is 0 Å². The van der Waals surface area contributed by atoms with Crippen molar-refractivity contribution in [3.8, 4) is 5.75 Å². The summed E-state index contributed by atoms with van der Waals surface area (Å²) in [5, 5.41) is 3.29. The van der Waals surface area contributed by atoms with Crippen LogP contribution in [0.15, 0.2) is 30.6 Å². The van der Waals surface area contributed by atoms with Crippen LogP contribution in [0.4, 0.5) is 5.69 Å². The minimum Gasteiger partial charge on any atom is -0.495 e. The number of nitrogens with zero attached hydrogens (tertiary/aromatic N) is 2. The largest absolute Gasteiger partial charge is 0.495 e.